The molecule has 0 nitrogen and oxygen atoms in total. The second kappa shape index (κ2) is 5.32. The van der Waals surface area contributed by atoms with Crippen molar-refractivity contribution in [2.45, 2.75) is 18.8 Å². The summed E-state index contributed by atoms with van der Waals surface area (Å²) < 4.78 is 0. The fraction of sp³-hybridized carbons (Fsp3) is 0.176. The summed E-state index contributed by atoms with van der Waals surface area (Å²) in [4.78, 5) is 2.89. The van der Waals surface area contributed by atoms with E-state index in [1.54, 1.807) is 0 Å². The summed E-state index contributed by atoms with van der Waals surface area (Å²) in [6.07, 6.45) is 1.05. The summed E-state index contributed by atoms with van der Waals surface area (Å²) in [7, 11) is 0. The number of benzene rings is 1. The van der Waals surface area contributed by atoms with Crippen molar-refractivity contribution >= 4 is 22.7 Å². The lowest BCUT2D eigenvalue weighted by molar-refractivity contribution is 0.592. The average molecular weight is 284 g/mol. The van der Waals surface area contributed by atoms with Crippen LogP contribution in [0.25, 0.3) is 0 Å². The Balaban J connectivity index is 2.03. The van der Waals surface area contributed by atoms with Gasteiger partial charge in [0.1, 0.15) is 0 Å². The van der Waals surface area contributed by atoms with Crippen LogP contribution < -0.4 is 0 Å². The molecule has 19 heavy (non-hydrogen) atoms. The summed E-state index contributed by atoms with van der Waals surface area (Å²) in [5, 5.41) is 4.35. The quantitative estimate of drug-likeness (QED) is 0.605. The molecule has 0 aliphatic carbocycles. The Labute approximate surface area is 122 Å². The predicted molar refractivity (Wildman–Crippen MR) is 85.2 cm³/mol. The van der Waals surface area contributed by atoms with Crippen molar-refractivity contribution in [3.05, 3.63) is 80.7 Å². The molecule has 0 unspecified atom stereocenters. The fourth-order valence-electron chi connectivity index (χ4n) is 2.48. The number of thiophene rings is 2. The molecule has 0 atom stereocenters. The van der Waals surface area contributed by atoms with E-state index >= 15 is 0 Å². The van der Waals surface area contributed by atoms with Crippen molar-refractivity contribution in [2.75, 3.05) is 0 Å². The monoisotopic (exact) mass is 284 g/mol. The second-order valence-electron chi connectivity index (χ2n) is 4.95. The van der Waals surface area contributed by atoms with Crippen LogP contribution in [-0.2, 0) is 11.8 Å². The highest BCUT2D eigenvalue weighted by atomic mass is 32.1. The van der Waals surface area contributed by atoms with Crippen molar-refractivity contribution in [2.24, 2.45) is 0 Å². The van der Waals surface area contributed by atoms with Gasteiger partial charge in [-0.2, -0.15) is 0 Å². The molecule has 1 aromatic carbocycles. The van der Waals surface area contributed by atoms with Gasteiger partial charge in [-0.15, -0.1) is 22.7 Å². The van der Waals surface area contributed by atoms with E-state index in [-0.39, 0.29) is 5.41 Å². The van der Waals surface area contributed by atoms with Gasteiger partial charge in [-0.05, 0) is 41.8 Å². The smallest absolute Gasteiger partial charge is 0.0402 e. The Morgan fingerprint density at radius 2 is 1.37 bits per heavy atom. The Kier molecular flexibility index (Phi) is 3.54. The summed E-state index contributed by atoms with van der Waals surface area (Å²) in [6, 6.07) is 19.6. The van der Waals surface area contributed by atoms with Gasteiger partial charge >= 0.3 is 0 Å². The maximum absolute atomic E-state index is 2.36. The minimum Gasteiger partial charge on any atom is -0.148 e. The number of hydrogen-bond donors (Lipinski definition) is 0. The summed E-state index contributed by atoms with van der Waals surface area (Å²) >= 11 is 3.71. The SMILES string of the molecule is CC(Cc1ccccc1)(c1cccs1)c1cccs1. The van der Waals surface area contributed by atoms with E-state index in [2.05, 4.69) is 72.3 Å². The molecule has 3 aromatic rings. The molecule has 0 aliphatic heterocycles. The van der Waals surface area contributed by atoms with Crippen LogP contribution in [0.2, 0.25) is 0 Å². The molecule has 96 valence electrons. The highest BCUT2D eigenvalue weighted by Gasteiger charge is 2.31. The van der Waals surface area contributed by atoms with Gasteiger partial charge in [-0.1, -0.05) is 42.5 Å². The number of rotatable bonds is 4. The largest absolute Gasteiger partial charge is 0.148 e. The Morgan fingerprint density at radius 1 is 0.789 bits per heavy atom. The van der Waals surface area contributed by atoms with Gasteiger partial charge in [-0.25, -0.2) is 0 Å². The zero-order chi connectivity index (χ0) is 13.1. The van der Waals surface area contributed by atoms with Gasteiger partial charge in [0.2, 0.25) is 0 Å². The zero-order valence-corrected chi connectivity index (χ0v) is 12.5. The van der Waals surface area contributed by atoms with E-state index in [0.29, 0.717) is 0 Å². The van der Waals surface area contributed by atoms with Crippen LogP contribution in [0.15, 0.2) is 65.4 Å². The first-order valence-electron chi connectivity index (χ1n) is 6.41. The van der Waals surface area contributed by atoms with E-state index in [1.165, 1.54) is 15.3 Å². The maximum Gasteiger partial charge on any atom is 0.0402 e. The average Bonchev–Trinajstić information content (AvgIpc) is 3.14. The molecule has 0 amide bonds. The van der Waals surface area contributed by atoms with Gasteiger partial charge in [0, 0.05) is 15.2 Å². The van der Waals surface area contributed by atoms with Gasteiger partial charge < -0.3 is 0 Å². The summed E-state index contributed by atoms with van der Waals surface area (Å²) in [5.41, 5.74) is 1.48. The van der Waals surface area contributed by atoms with Crippen molar-refractivity contribution in [1.82, 2.24) is 0 Å². The first-order chi connectivity index (χ1) is 9.29. The van der Waals surface area contributed by atoms with E-state index in [4.69, 9.17) is 0 Å². The van der Waals surface area contributed by atoms with Crippen molar-refractivity contribution in [1.29, 1.82) is 0 Å². The standard InChI is InChI=1S/C17H16S2/c1-17(15-9-5-11-18-15,16-10-6-12-19-16)13-14-7-3-2-4-8-14/h2-12H,13H2,1H3. The van der Waals surface area contributed by atoms with Crippen LogP contribution in [-0.4, -0.2) is 0 Å². The van der Waals surface area contributed by atoms with Crippen LogP contribution in [0.3, 0.4) is 0 Å². The van der Waals surface area contributed by atoms with Gasteiger partial charge in [-0.3, -0.25) is 0 Å². The molecule has 2 aromatic heterocycles. The van der Waals surface area contributed by atoms with Crippen molar-refractivity contribution in [3.8, 4) is 0 Å². The molecule has 0 bridgehead atoms. The zero-order valence-electron chi connectivity index (χ0n) is 10.9. The lowest BCUT2D eigenvalue weighted by Gasteiger charge is -2.28. The van der Waals surface area contributed by atoms with Gasteiger partial charge in [0.25, 0.3) is 0 Å². The van der Waals surface area contributed by atoms with E-state index in [0.717, 1.165) is 6.42 Å². The molecule has 0 N–H and O–H groups in total. The fourth-order valence-corrected chi connectivity index (χ4v) is 4.36. The molecular formula is C17H16S2. The Hall–Kier alpha value is -1.38. The summed E-state index contributed by atoms with van der Waals surface area (Å²) in [6.45, 7) is 2.36. The molecule has 0 aliphatic rings. The van der Waals surface area contributed by atoms with Gasteiger partial charge in [0.15, 0.2) is 0 Å². The molecular weight excluding hydrogens is 268 g/mol. The van der Waals surface area contributed by atoms with Crippen LogP contribution >= 0.6 is 22.7 Å². The normalized spacial score (nSPS) is 11.6. The van der Waals surface area contributed by atoms with Crippen molar-refractivity contribution in [3.63, 3.8) is 0 Å². The second-order valence-corrected chi connectivity index (χ2v) is 6.84. The van der Waals surface area contributed by atoms with E-state index in [9.17, 15) is 0 Å². The third-order valence-corrected chi connectivity index (χ3v) is 5.80. The van der Waals surface area contributed by atoms with Crippen molar-refractivity contribution < 1.29 is 0 Å². The Morgan fingerprint density at radius 3 is 1.84 bits per heavy atom. The molecule has 2 heterocycles. The third-order valence-electron chi connectivity index (χ3n) is 3.53. The van der Waals surface area contributed by atoms with Gasteiger partial charge in [0.05, 0.1) is 0 Å². The molecule has 2 heteroatoms. The van der Waals surface area contributed by atoms with Crippen LogP contribution in [0.5, 0.6) is 0 Å². The molecule has 0 radical (unpaired) electrons. The minimum atomic E-state index is 0.0870. The van der Waals surface area contributed by atoms with E-state index in [1.807, 2.05) is 22.7 Å². The molecule has 0 fully saturated rings. The van der Waals surface area contributed by atoms with Crippen LogP contribution in [0.1, 0.15) is 22.2 Å². The molecule has 0 saturated carbocycles. The molecule has 0 saturated heterocycles. The molecule has 3 rings (SSSR count). The first-order valence-corrected chi connectivity index (χ1v) is 8.17. The maximum atomic E-state index is 2.36. The predicted octanol–water partition coefficient (Wildman–Crippen LogP) is 5.36. The van der Waals surface area contributed by atoms with Crippen LogP contribution in [0.4, 0.5) is 0 Å². The van der Waals surface area contributed by atoms with E-state index < -0.39 is 0 Å². The lowest BCUT2D eigenvalue weighted by atomic mass is 9.81. The Bertz CT molecular complexity index is 572. The highest BCUT2D eigenvalue weighted by molar-refractivity contribution is 7.11. The first kappa shape index (κ1) is 12.6. The lowest BCUT2D eigenvalue weighted by Crippen LogP contribution is -2.24. The molecule has 0 spiro atoms. The topological polar surface area (TPSA) is 0 Å². The summed E-state index contributed by atoms with van der Waals surface area (Å²) in [5.74, 6) is 0. The highest BCUT2D eigenvalue weighted by Crippen LogP contribution is 2.40. The third kappa shape index (κ3) is 2.51. The number of hydrogen-bond acceptors (Lipinski definition) is 2. The van der Waals surface area contributed by atoms with Crippen LogP contribution in [0, 0.1) is 0 Å². The minimum absolute atomic E-state index is 0.0870.